The summed E-state index contributed by atoms with van der Waals surface area (Å²) in [6.07, 6.45) is 5.72. The maximum atomic E-state index is 5.36. The number of aromatic nitrogens is 3. The summed E-state index contributed by atoms with van der Waals surface area (Å²) < 4.78 is 5.36. The van der Waals surface area contributed by atoms with Crippen molar-refractivity contribution in [1.29, 1.82) is 0 Å². The minimum absolute atomic E-state index is 0.192. The molecule has 1 saturated heterocycles. The van der Waals surface area contributed by atoms with E-state index in [1.54, 1.807) is 12.4 Å². The van der Waals surface area contributed by atoms with Crippen molar-refractivity contribution in [3.05, 3.63) is 30.4 Å². The van der Waals surface area contributed by atoms with E-state index >= 15 is 0 Å². The fourth-order valence-corrected chi connectivity index (χ4v) is 2.29. The molecule has 3 heterocycles. The minimum Gasteiger partial charge on any atom is -0.337 e. The van der Waals surface area contributed by atoms with Crippen molar-refractivity contribution in [2.24, 2.45) is 5.92 Å². The Morgan fingerprint density at radius 3 is 2.94 bits per heavy atom. The molecule has 1 aliphatic rings. The van der Waals surface area contributed by atoms with Crippen LogP contribution in [-0.2, 0) is 0 Å². The van der Waals surface area contributed by atoms with Gasteiger partial charge in [-0.05, 0) is 37.4 Å². The molecule has 1 aliphatic heterocycles. The topological polar surface area (TPSA) is 63.8 Å². The average molecular weight is 244 g/mol. The van der Waals surface area contributed by atoms with Gasteiger partial charge in [-0.3, -0.25) is 4.98 Å². The summed E-state index contributed by atoms with van der Waals surface area (Å²) in [6, 6.07) is 3.95. The first-order valence-electron chi connectivity index (χ1n) is 6.30. The van der Waals surface area contributed by atoms with Crippen LogP contribution in [0.2, 0.25) is 0 Å². The molecule has 0 aliphatic carbocycles. The predicted octanol–water partition coefficient (Wildman–Crippen LogP) is 2.19. The van der Waals surface area contributed by atoms with Gasteiger partial charge in [0.15, 0.2) is 0 Å². The van der Waals surface area contributed by atoms with E-state index in [1.807, 2.05) is 12.1 Å². The van der Waals surface area contributed by atoms with E-state index in [0.717, 1.165) is 18.5 Å². The van der Waals surface area contributed by atoms with E-state index in [2.05, 4.69) is 27.4 Å². The third-order valence-electron chi connectivity index (χ3n) is 3.34. The highest BCUT2D eigenvalue weighted by molar-refractivity contribution is 5.52. The molecule has 0 spiro atoms. The smallest absolute Gasteiger partial charge is 0.244 e. The lowest BCUT2D eigenvalue weighted by atomic mass is 9.94. The molecule has 3 rings (SSSR count). The number of hydrogen-bond donors (Lipinski definition) is 1. The third kappa shape index (κ3) is 2.26. The number of rotatable bonds is 2. The molecule has 18 heavy (non-hydrogen) atoms. The quantitative estimate of drug-likeness (QED) is 0.877. The molecule has 5 heteroatoms. The van der Waals surface area contributed by atoms with Crippen molar-refractivity contribution >= 4 is 0 Å². The standard InChI is InChI=1S/C13H16N4O/c1-9-2-7-15-11(8-9)13-16-12(17-18-13)10-3-5-14-6-4-10/h3-6,9,11,15H,2,7-8H2,1H3. The van der Waals surface area contributed by atoms with Crippen molar-refractivity contribution in [2.45, 2.75) is 25.8 Å². The van der Waals surface area contributed by atoms with Crippen molar-refractivity contribution < 1.29 is 4.52 Å². The van der Waals surface area contributed by atoms with Gasteiger partial charge in [0.25, 0.3) is 0 Å². The maximum absolute atomic E-state index is 5.36. The highest BCUT2D eigenvalue weighted by Crippen LogP contribution is 2.27. The second-order valence-corrected chi connectivity index (χ2v) is 4.83. The zero-order valence-electron chi connectivity index (χ0n) is 10.3. The molecule has 0 amide bonds. The summed E-state index contributed by atoms with van der Waals surface area (Å²) in [5.74, 6) is 2.02. The van der Waals surface area contributed by atoms with Gasteiger partial charge in [-0.2, -0.15) is 4.98 Å². The molecule has 0 aromatic carbocycles. The Morgan fingerprint density at radius 1 is 1.33 bits per heavy atom. The maximum Gasteiger partial charge on any atom is 0.244 e. The summed E-state index contributed by atoms with van der Waals surface area (Å²) in [5.41, 5.74) is 0.934. The molecule has 1 fully saturated rings. The zero-order chi connectivity index (χ0) is 12.4. The lowest BCUT2D eigenvalue weighted by Gasteiger charge is -2.25. The van der Waals surface area contributed by atoms with E-state index < -0.39 is 0 Å². The Balaban J connectivity index is 1.81. The minimum atomic E-state index is 0.192. The highest BCUT2D eigenvalue weighted by Gasteiger charge is 2.24. The first-order chi connectivity index (χ1) is 8.83. The van der Waals surface area contributed by atoms with Gasteiger partial charge in [0.05, 0.1) is 6.04 Å². The Bertz CT molecular complexity index is 511. The van der Waals surface area contributed by atoms with E-state index in [1.165, 1.54) is 6.42 Å². The number of pyridine rings is 1. The first kappa shape index (κ1) is 11.3. The Labute approximate surface area is 106 Å². The molecule has 2 aromatic rings. The molecule has 94 valence electrons. The summed E-state index contributed by atoms with van der Waals surface area (Å²) in [4.78, 5) is 8.45. The highest BCUT2D eigenvalue weighted by atomic mass is 16.5. The van der Waals surface area contributed by atoms with E-state index in [4.69, 9.17) is 4.52 Å². The van der Waals surface area contributed by atoms with Crippen LogP contribution < -0.4 is 5.32 Å². The number of piperidine rings is 1. The monoisotopic (exact) mass is 244 g/mol. The van der Waals surface area contributed by atoms with Crippen LogP contribution in [-0.4, -0.2) is 21.7 Å². The molecule has 2 atom stereocenters. The van der Waals surface area contributed by atoms with Crippen LogP contribution in [0, 0.1) is 5.92 Å². The van der Waals surface area contributed by atoms with Crippen LogP contribution in [0.5, 0.6) is 0 Å². The van der Waals surface area contributed by atoms with Crippen LogP contribution in [0.15, 0.2) is 29.0 Å². The average Bonchev–Trinajstić information content (AvgIpc) is 2.89. The summed E-state index contributed by atoms with van der Waals surface area (Å²) in [5, 5.41) is 7.45. The van der Waals surface area contributed by atoms with Crippen LogP contribution in [0.1, 0.15) is 31.7 Å². The molecule has 2 unspecified atom stereocenters. The molecule has 2 aromatic heterocycles. The first-order valence-corrected chi connectivity index (χ1v) is 6.30. The molecule has 0 bridgehead atoms. The second-order valence-electron chi connectivity index (χ2n) is 4.83. The Morgan fingerprint density at radius 2 is 2.17 bits per heavy atom. The van der Waals surface area contributed by atoms with Gasteiger partial charge in [0.1, 0.15) is 0 Å². The van der Waals surface area contributed by atoms with Crippen LogP contribution in [0.25, 0.3) is 11.4 Å². The molecule has 5 nitrogen and oxygen atoms in total. The molecule has 0 radical (unpaired) electrons. The van der Waals surface area contributed by atoms with E-state index in [-0.39, 0.29) is 6.04 Å². The number of hydrogen-bond acceptors (Lipinski definition) is 5. The lowest BCUT2D eigenvalue weighted by molar-refractivity contribution is 0.260. The third-order valence-corrected chi connectivity index (χ3v) is 3.34. The molecular formula is C13H16N4O. The van der Waals surface area contributed by atoms with E-state index in [9.17, 15) is 0 Å². The van der Waals surface area contributed by atoms with Gasteiger partial charge in [0, 0.05) is 18.0 Å². The molecular weight excluding hydrogens is 228 g/mol. The van der Waals surface area contributed by atoms with Gasteiger partial charge in [-0.15, -0.1) is 0 Å². The number of nitrogens with zero attached hydrogens (tertiary/aromatic N) is 3. The van der Waals surface area contributed by atoms with Crippen LogP contribution in [0.4, 0.5) is 0 Å². The fraction of sp³-hybridized carbons (Fsp3) is 0.462. The van der Waals surface area contributed by atoms with Crippen molar-refractivity contribution in [3.8, 4) is 11.4 Å². The van der Waals surface area contributed by atoms with Crippen LogP contribution >= 0.6 is 0 Å². The Kier molecular flexibility index (Phi) is 3.06. The van der Waals surface area contributed by atoms with Gasteiger partial charge < -0.3 is 9.84 Å². The van der Waals surface area contributed by atoms with Gasteiger partial charge >= 0.3 is 0 Å². The number of nitrogens with one attached hydrogen (secondary N) is 1. The summed E-state index contributed by atoms with van der Waals surface area (Å²) in [7, 11) is 0. The van der Waals surface area contributed by atoms with Gasteiger partial charge in [0.2, 0.25) is 11.7 Å². The van der Waals surface area contributed by atoms with E-state index in [0.29, 0.717) is 17.6 Å². The predicted molar refractivity (Wildman–Crippen MR) is 66.7 cm³/mol. The largest absolute Gasteiger partial charge is 0.337 e. The van der Waals surface area contributed by atoms with Gasteiger partial charge in [-0.1, -0.05) is 12.1 Å². The molecule has 1 N–H and O–H groups in total. The summed E-state index contributed by atoms with van der Waals surface area (Å²) >= 11 is 0. The van der Waals surface area contributed by atoms with Crippen molar-refractivity contribution in [2.75, 3.05) is 6.54 Å². The molecule has 0 saturated carbocycles. The SMILES string of the molecule is CC1CCNC(c2nc(-c3ccncc3)no2)C1. The normalized spacial score (nSPS) is 24.1. The summed E-state index contributed by atoms with van der Waals surface area (Å²) in [6.45, 7) is 3.27. The second kappa shape index (κ2) is 4.86. The van der Waals surface area contributed by atoms with Crippen molar-refractivity contribution in [3.63, 3.8) is 0 Å². The fourth-order valence-electron chi connectivity index (χ4n) is 2.29. The van der Waals surface area contributed by atoms with Gasteiger partial charge in [-0.25, -0.2) is 0 Å². The zero-order valence-corrected chi connectivity index (χ0v) is 10.3. The van der Waals surface area contributed by atoms with Crippen LogP contribution in [0.3, 0.4) is 0 Å². The lowest BCUT2D eigenvalue weighted by Crippen LogP contribution is -2.30. The Hall–Kier alpha value is -1.75. The van der Waals surface area contributed by atoms with Crippen molar-refractivity contribution in [1.82, 2.24) is 20.4 Å².